The van der Waals surface area contributed by atoms with E-state index in [-0.39, 0.29) is 6.03 Å². The van der Waals surface area contributed by atoms with Gasteiger partial charge in [0.05, 0.1) is 14.2 Å². The van der Waals surface area contributed by atoms with Gasteiger partial charge in [0.25, 0.3) is 0 Å². The zero-order valence-electron chi connectivity index (χ0n) is 16.0. The van der Waals surface area contributed by atoms with E-state index >= 15 is 0 Å². The minimum Gasteiger partial charge on any atom is -0.493 e. The molecule has 144 valence electrons. The van der Waals surface area contributed by atoms with E-state index in [2.05, 4.69) is 34.5 Å². The first kappa shape index (κ1) is 19.0. The highest BCUT2D eigenvalue weighted by Crippen LogP contribution is 2.27. The van der Waals surface area contributed by atoms with Crippen LogP contribution < -0.4 is 14.8 Å². The summed E-state index contributed by atoms with van der Waals surface area (Å²) in [6.45, 7) is 4.65. The number of urea groups is 1. The van der Waals surface area contributed by atoms with Gasteiger partial charge in [0.15, 0.2) is 11.5 Å². The monoisotopic (exact) mass is 369 g/mol. The Morgan fingerprint density at radius 2 is 1.63 bits per heavy atom. The van der Waals surface area contributed by atoms with Crippen LogP contribution in [0.3, 0.4) is 0 Å². The number of piperazine rings is 1. The van der Waals surface area contributed by atoms with Crippen molar-refractivity contribution in [1.82, 2.24) is 15.1 Å². The van der Waals surface area contributed by atoms with Crippen molar-refractivity contribution < 1.29 is 14.3 Å². The normalized spacial score (nSPS) is 14.7. The molecule has 1 heterocycles. The van der Waals surface area contributed by atoms with Crippen LogP contribution in [0, 0.1) is 0 Å². The molecule has 27 heavy (non-hydrogen) atoms. The molecular weight excluding hydrogens is 342 g/mol. The molecule has 1 aliphatic rings. The minimum atomic E-state index is -0.0239. The summed E-state index contributed by atoms with van der Waals surface area (Å²) in [5.41, 5.74) is 2.28. The number of nitrogens with zero attached hydrogens (tertiary/aromatic N) is 2. The van der Waals surface area contributed by atoms with Crippen LogP contribution in [0.15, 0.2) is 48.5 Å². The van der Waals surface area contributed by atoms with Gasteiger partial charge in [0.1, 0.15) is 0 Å². The lowest BCUT2D eigenvalue weighted by atomic mass is 10.2. The Bertz CT molecular complexity index is 744. The average molecular weight is 369 g/mol. The van der Waals surface area contributed by atoms with Crippen LogP contribution in [0.4, 0.5) is 4.79 Å². The molecule has 6 heteroatoms. The number of ether oxygens (including phenoxy) is 2. The van der Waals surface area contributed by atoms with Crippen LogP contribution in [-0.2, 0) is 13.1 Å². The second-order valence-corrected chi connectivity index (χ2v) is 6.60. The van der Waals surface area contributed by atoms with Crippen LogP contribution in [-0.4, -0.2) is 56.2 Å². The molecule has 0 saturated carbocycles. The molecule has 0 aliphatic carbocycles. The third-order valence-electron chi connectivity index (χ3n) is 4.80. The van der Waals surface area contributed by atoms with E-state index < -0.39 is 0 Å². The number of amides is 2. The lowest BCUT2D eigenvalue weighted by molar-refractivity contribution is 0.135. The number of benzene rings is 2. The zero-order valence-corrected chi connectivity index (χ0v) is 16.0. The number of nitrogens with one attached hydrogen (secondary N) is 1. The number of methoxy groups -OCH3 is 2. The van der Waals surface area contributed by atoms with E-state index in [1.54, 1.807) is 14.2 Å². The fraction of sp³-hybridized carbons (Fsp3) is 0.381. The maximum atomic E-state index is 12.5. The average Bonchev–Trinajstić information content (AvgIpc) is 2.73. The summed E-state index contributed by atoms with van der Waals surface area (Å²) in [4.78, 5) is 16.7. The van der Waals surface area contributed by atoms with Gasteiger partial charge in [-0.2, -0.15) is 0 Å². The van der Waals surface area contributed by atoms with Crippen molar-refractivity contribution in [2.24, 2.45) is 0 Å². The first-order valence-electron chi connectivity index (χ1n) is 9.19. The summed E-state index contributed by atoms with van der Waals surface area (Å²) in [6, 6.07) is 16.1. The molecule has 6 nitrogen and oxygen atoms in total. The Hall–Kier alpha value is -2.73. The van der Waals surface area contributed by atoms with Gasteiger partial charge >= 0.3 is 6.03 Å². The van der Waals surface area contributed by atoms with Crippen molar-refractivity contribution in [3.63, 3.8) is 0 Å². The van der Waals surface area contributed by atoms with Crippen molar-refractivity contribution in [1.29, 1.82) is 0 Å². The lowest BCUT2D eigenvalue weighted by Crippen LogP contribution is -2.51. The van der Waals surface area contributed by atoms with E-state index in [1.807, 2.05) is 29.2 Å². The Labute approximate surface area is 160 Å². The molecule has 0 atom stereocenters. The first-order valence-corrected chi connectivity index (χ1v) is 9.19. The fourth-order valence-electron chi connectivity index (χ4n) is 3.23. The van der Waals surface area contributed by atoms with Crippen LogP contribution in [0.2, 0.25) is 0 Å². The van der Waals surface area contributed by atoms with Gasteiger partial charge in [0.2, 0.25) is 0 Å². The molecular formula is C21H27N3O3. The molecule has 1 N–H and O–H groups in total. The number of hydrogen-bond donors (Lipinski definition) is 1. The molecule has 2 aromatic rings. The maximum absolute atomic E-state index is 12.5. The molecule has 2 amide bonds. The number of hydrogen-bond acceptors (Lipinski definition) is 4. The molecule has 3 rings (SSSR count). The Balaban J connectivity index is 1.46. The van der Waals surface area contributed by atoms with Crippen LogP contribution in [0.5, 0.6) is 11.5 Å². The highest BCUT2D eigenvalue weighted by atomic mass is 16.5. The van der Waals surface area contributed by atoms with Crippen LogP contribution >= 0.6 is 0 Å². The van der Waals surface area contributed by atoms with Crippen LogP contribution in [0.1, 0.15) is 11.1 Å². The third kappa shape index (κ3) is 5.14. The van der Waals surface area contributed by atoms with Gasteiger partial charge in [-0.05, 0) is 23.3 Å². The molecule has 0 bridgehead atoms. The summed E-state index contributed by atoms with van der Waals surface area (Å²) in [6.07, 6.45) is 0. The summed E-state index contributed by atoms with van der Waals surface area (Å²) in [5, 5.41) is 2.99. The highest BCUT2D eigenvalue weighted by Gasteiger charge is 2.21. The standard InChI is InChI=1S/C21H27N3O3/c1-26-19-9-8-18(14-20(19)27-2)15-22-21(25)24-12-10-23(11-13-24)16-17-6-4-3-5-7-17/h3-9,14H,10-13,15-16H2,1-2H3,(H,22,25). The third-order valence-corrected chi connectivity index (χ3v) is 4.80. The predicted octanol–water partition coefficient (Wildman–Crippen LogP) is 2.73. The van der Waals surface area contributed by atoms with Crippen molar-refractivity contribution in [2.45, 2.75) is 13.1 Å². The molecule has 0 spiro atoms. The zero-order chi connectivity index (χ0) is 19.1. The molecule has 0 aromatic heterocycles. The Kier molecular flexibility index (Phi) is 6.54. The van der Waals surface area contributed by atoms with Gasteiger partial charge < -0.3 is 19.7 Å². The molecule has 1 fully saturated rings. The summed E-state index contributed by atoms with van der Waals surface area (Å²) in [7, 11) is 3.21. The molecule has 2 aromatic carbocycles. The number of carbonyl (C=O) groups is 1. The topological polar surface area (TPSA) is 54.0 Å². The highest BCUT2D eigenvalue weighted by molar-refractivity contribution is 5.74. The van der Waals surface area contributed by atoms with Gasteiger partial charge in [-0.3, -0.25) is 4.90 Å². The van der Waals surface area contributed by atoms with E-state index in [0.717, 1.165) is 38.3 Å². The predicted molar refractivity (Wildman–Crippen MR) is 105 cm³/mol. The van der Waals surface area contributed by atoms with Crippen molar-refractivity contribution in [3.8, 4) is 11.5 Å². The molecule has 1 saturated heterocycles. The Morgan fingerprint density at radius 3 is 2.30 bits per heavy atom. The quantitative estimate of drug-likeness (QED) is 0.851. The van der Waals surface area contributed by atoms with E-state index in [1.165, 1.54) is 5.56 Å². The largest absolute Gasteiger partial charge is 0.493 e. The summed E-state index contributed by atoms with van der Waals surface area (Å²) < 4.78 is 10.5. The van der Waals surface area contributed by atoms with Gasteiger partial charge in [-0.1, -0.05) is 36.4 Å². The van der Waals surface area contributed by atoms with Gasteiger partial charge in [-0.25, -0.2) is 4.79 Å². The molecule has 0 radical (unpaired) electrons. The van der Waals surface area contributed by atoms with E-state index in [4.69, 9.17) is 9.47 Å². The van der Waals surface area contributed by atoms with Crippen molar-refractivity contribution in [3.05, 3.63) is 59.7 Å². The smallest absolute Gasteiger partial charge is 0.317 e. The first-order chi connectivity index (χ1) is 13.2. The fourth-order valence-corrected chi connectivity index (χ4v) is 3.23. The SMILES string of the molecule is COc1ccc(CNC(=O)N2CCN(Cc3ccccc3)CC2)cc1OC. The Morgan fingerprint density at radius 1 is 0.926 bits per heavy atom. The van der Waals surface area contributed by atoms with Gasteiger partial charge in [0, 0.05) is 39.3 Å². The molecule has 1 aliphatic heterocycles. The summed E-state index contributed by atoms with van der Waals surface area (Å²) in [5.74, 6) is 1.35. The maximum Gasteiger partial charge on any atom is 0.317 e. The second kappa shape index (κ2) is 9.28. The van der Waals surface area contributed by atoms with E-state index in [9.17, 15) is 4.79 Å². The van der Waals surface area contributed by atoms with Crippen molar-refractivity contribution >= 4 is 6.03 Å². The lowest BCUT2D eigenvalue weighted by Gasteiger charge is -2.34. The van der Waals surface area contributed by atoms with Crippen molar-refractivity contribution in [2.75, 3.05) is 40.4 Å². The van der Waals surface area contributed by atoms with E-state index in [0.29, 0.717) is 18.0 Å². The summed E-state index contributed by atoms with van der Waals surface area (Å²) >= 11 is 0. The number of rotatable bonds is 6. The minimum absolute atomic E-state index is 0.0239. The number of carbonyl (C=O) groups excluding carboxylic acids is 1. The molecule has 0 unspecified atom stereocenters. The van der Waals surface area contributed by atoms with Crippen LogP contribution in [0.25, 0.3) is 0 Å². The van der Waals surface area contributed by atoms with Gasteiger partial charge in [-0.15, -0.1) is 0 Å². The second-order valence-electron chi connectivity index (χ2n) is 6.60.